The van der Waals surface area contributed by atoms with Crippen LogP contribution < -0.4 is 10.1 Å². The molecule has 0 saturated carbocycles. The van der Waals surface area contributed by atoms with Gasteiger partial charge in [0.05, 0.1) is 13.2 Å². The Bertz CT molecular complexity index is 423. The van der Waals surface area contributed by atoms with Gasteiger partial charge in [0.15, 0.2) is 11.6 Å². The van der Waals surface area contributed by atoms with Crippen LogP contribution in [-0.2, 0) is 0 Å². The van der Waals surface area contributed by atoms with E-state index in [1.165, 1.54) is 12.1 Å². The van der Waals surface area contributed by atoms with Gasteiger partial charge in [-0.05, 0) is 44.4 Å². The predicted octanol–water partition coefficient (Wildman–Crippen LogP) is 3.26. The number of hydrogen-bond acceptors (Lipinski definition) is 3. The van der Waals surface area contributed by atoms with Crippen LogP contribution in [0.3, 0.4) is 0 Å². The minimum atomic E-state index is -0.692. The minimum absolute atomic E-state index is 0.0593. The van der Waals surface area contributed by atoms with E-state index in [2.05, 4.69) is 12.2 Å². The number of benzene rings is 1. The molecule has 0 heterocycles. The lowest BCUT2D eigenvalue weighted by Gasteiger charge is -2.32. The minimum Gasteiger partial charge on any atom is -0.491 e. The number of rotatable bonds is 10. The highest BCUT2D eigenvalue weighted by Crippen LogP contribution is 2.20. The Morgan fingerprint density at radius 1 is 1.29 bits per heavy atom. The van der Waals surface area contributed by atoms with Gasteiger partial charge in [0, 0.05) is 11.6 Å². The van der Waals surface area contributed by atoms with Crippen LogP contribution in [0.2, 0.25) is 0 Å². The second-order valence-electron chi connectivity index (χ2n) is 5.25. The van der Waals surface area contributed by atoms with Crippen molar-refractivity contribution in [3.05, 3.63) is 29.8 Å². The molecule has 1 unspecified atom stereocenters. The first-order valence-corrected chi connectivity index (χ1v) is 7.50. The lowest BCUT2D eigenvalue weighted by molar-refractivity contribution is 0.137. The lowest BCUT2D eigenvalue weighted by atomic mass is 9.91. The average Bonchev–Trinajstić information content (AvgIpc) is 2.49. The lowest BCUT2D eigenvalue weighted by Crippen LogP contribution is -2.48. The maximum absolute atomic E-state index is 13.4. The van der Waals surface area contributed by atoms with Crippen LogP contribution >= 0.6 is 0 Å². The number of aliphatic hydroxyl groups excluding tert-OH is 1. The van der Waals surface area contributed by atoms with E-state index in [4.69, 9.17) is 4.74 Å². The topological polar surface area (TPSA) is 41.5 Å². The zero-order valence-electron chi connectivity index (χ0n) is 12.8. The predicted molar refractivity (Wildman–Crippen MR) is 79.5 cm³/mol. The highest BCUT2D eigenvalue weighted by atomic mass is 19.1. The molecule has 0 bridgehead atoms. The van der Waals surface area contributed by atoms with Crippen LogP contribution in [-0.4, -0.2) is 30.4 Å². The van der Waals surface area contributed by atoms with Gasteiger partial charge in [-0.3, -0.25) is 0 Å². The summed E-state index contributed by atoms with van der Waals surface area (Å²) in [4.78, 5) is 0. The summed E-state index contributed by atoms with van der Waals surface area (Å²) in [6.07, 6.45) is 3.23. The van der Waals surface area contributed by atoms with Crippen molar-refractivity contribution in [2.75, 3.05) is 19.8 Å². The van der Waals surface area contributed by atoms with Crippen molar-refractivity contribution in [2.45, 2.75) is 45.1 Å². The van der Waals surface area contributed by atoms with Crippen LogP contribution in [0, 0.1) is 11.6 Å². The normalized spacial score (nSPS) is 14.0. The molecule has 0 amide bonds. The highest BCUT2D eigenvalue weighted by molar-refractivity contribution is 5.24. The smallest absolute Gasteiger partial charge is 0.167 e. The van der Waals surface area contributed by atoms with Crippen LogP contribution in [0.25, 0.3) is 0 Å². The van der Waals surface area contributed by atoms with Crippen LogP contribution in [0.5, 0.6) is 5.75 Å². The molecule has 120 valence electrons. The summed E-state index contributed by atoms with van der Waals surface area (Å²) in [7, 11) is 0. The fourth-order valence-electron chi connectivity index (χ4n) is 2.21. The Morgan fingerprint density at radius 2 is 2.05 bits per heavy atom. The van der Waals surface area contributed by atoms with Gasteiger partial charge in [0.25, 0.3) is 0 Å². The monoisotopic (exact) mass is 301 g/mol. The molecule has 5 heteroatoms. The number of nitrogens with one attached hydrogen (secondary N) is 1. The molecule has 0 fully saturated rings. The van der Waals surface area contributed by atoms with Crippen molar-refractivity contribution in [1.29, 1.82) is 0 Å². The first-order chi connectivity index (χ1) is 10.1. The Kier molecular flexibility index (Phi) is 7.61. The first kappa shape index (κ1) is 17.9. The van der Waals surface area contributed by atoms with E-state index in [9.17, 15) is 13.9 Å². The quantitative estimate of drug-likeness (QED) is 0.652. The number of halogens is 2. The second kappa shape index (κ2) is 8.95. The van der Waals surface area contributed by atoms with Gasteiger partial charge in [0.2, 0.25) is 0 Å². The Labute approximate surface area is 125 Å². The summed E-state index contributed by atoms with van der Waals surface area (Å²) in [5.41, 5.74) is -0.305. The van der Waals surface area contributed by atoms with E-state index in [-0.39, 0.29) is 17.9 Å². The summed E-state index contributed by atoms with van der Waals surface area (Å²) in [6.45, 7) is 5.35. The molecule has 0 aliphatic heterocycles. The summed E-state index contributed by atoms with van der Waals surface area (Å²) in [5.74, 6) is -1.25. The third-order valence-electron chi connectivity index (χ3n) is 3.68. The van der Waals surface area contributed by atoms with Crippen molar-refractivity contribution in [3.63, 3.8) is 0 Å². The fourth-order valence-corrected chi connectivity index (χ4v) is 2.21. The van der Waals surface area contributed by atoms with Crippen LogP contribution in [0.1, 0.15) is 39.5 Å². The molecule has 1 rings (SSSR count). The van der Waals surface area contributed by atoms with Crippen LogP contribution in [0.4, 0.5) is 8.78 Å². The van der Waals surface area contributed by atoms with Crippen molar-refractivity contribution < 1.29 is 18.6 Å². The van der Waals surface area contributed by atoms with Gasteiger partial charge < -0.3 is 15.2 Å². The van der Waals surface area contributed by atoms with E-state index in [1.807, 2.05) is 6.92 Å². The molecule has 21 heavy (non-hydrogen) atoms. The van der Waals surface area contributed by atoms with Gasteiger partial charge in [-0.1, -0.05) is 13.8 Å². The molecule has 1 aromatic rings. The van der Waals surface area contributed by atoms with E-state index in [0.29, 0.717) is 13.0 Å². The number of aliphatic hydroxyl groups is 1. The summed E-state index contributed by atoms with van der Waals surface area (Å²) in [6, 6.07) is 3.27. The van der Waals surface area contributed by atoms with E-state index >= 15 is 0 Å². The SMILES string of the molecule is CCCNC(CC)(CO)CCCOc1ccc(F)cc1F. The Hall–Kier alpha value is -1.20. The zero-order chi connectivity index (χ0) is 15.7. The Morgan fingerprint density at radius 3 is 2.62 bits per heavy atom. The maximum Gasteiger partial charge on any atom is 0.167 e. The van der Waals surface area contributed by atoms with Gasteiger partial charge in [0.1, 0.15) is 5.82 Å². The molecular weight excluding hydrogens is 276 g/mol. The Balaban J connectivity index is 2.43. The summed E-state index contributed by atoms with van der Waals surface area (Å²) in [5, 5.41) is 13.0. The average molecular weight is 301 g/mol. The molecule has 2 N–H and O–H groups in total. The van der Waals surface area contributed by atoms with Gasteiger partial charge in [-0.25, -0.2) is 8.78 Å². The molecule has 0 spiro atoms. The molecule has 1 atom stereocenters. The summed E-state index contributed by atoms with van der Waals surface area (Å²) >= 11 is 0. The van der Waals surface area contributed by atoms with E-state index in [0.717, 1.165) is 31.9 Å². The third-order valence-corrected chi connectivity index (χ3v) is 3.68. The van der Waals surface area contributed by atoms with Gasteiger partial charge in [-0.15, -0.1) is 0 Å². The number of hydrogen-bond donors (Lipinski definition) is 2. The largest absolute Gasteiger partial charge is 0.491 e. The molecule has 1 aromatic carbocycles. The van der Waals surface area contributed by atoms with Gasteiger partial charge in [-0.2, -0.15) is 0 Å². The highest BCUT2D eigenvalue weighted by Gasteiger charge is 2.25. The molecular formula is C16H25F2NO2. The summed E-state index contributed by atoms with van der Waals surface area (Å²) < 4.78 is 31.5. The molecule has 0 aliphatic rings. The maximum atomic E-state index is 13.4. The van der Waals surface area contributed by atoms with Crippen molar-refractivity contribution >= 4 is 0 Å². The van der Waals surface area contributed by atoms with Crippen molar-refractivity contribution in [2.24, 2.45) is 0 Å². The van der Waals surface area contributed by atoms with Gasteiger partial charge >= 0.3 is 0 Å². The standard InChI is InChI=1S/C16H25F2NO2/c1-3-9-19-16(4-2,12-20)8-5-10-21-15-7-6-13(17)11-14(15)18/h6-7,11,19-20H,3-5,8-10,12H2,1-2H3. The van der Waals surface area contributed by atoms with Crippen molar-refractivity contribution in [3.8, 4) is 5.75 Å². The van der Waals surface area contributed by atoms with Crippen molar-refractivity contribution in [1.82, 2.24) is 5.32 Å². The zero-order valence-corrected chi connectivity index (χ0v) is 12.8. The molecule has 0 aliphatic carbocycles. The molecule has 3 nitrogen and oxygen atoms in total. The molecule has 0 aromatic heterocycles. The fraction of sp³-hybridized carbons (Fsp3) is 0.625. The second-order valence-corrected chi connectivity index (χ2v) is 5.25. The van der Waals surface area contributed by atoms with Crippen LogP contribution in [0.15, 0.2) is 18.2 Å². The number of ether oxygens (including phenoxy) is 1. The third kappa shape index (κ3) is 5.59. The molecule has 0 radical (unpaired) electrons. The van der Waals surface area contributed by atoms with E-state index < -0.39 is 11.6 Å². The van der Waals surface area contributed by atoms with E-state index in [1.54, 1.807) is 0 Å². The molecule has 0 saturated heterocycles. The first-order valence-electron chi connectivity index (χ1n) is 7.50.